The summed E-state index contributed by atoms with van der Waals surface area (Å²) in [5, 5.41) is 48.2. The van der Waals surface area contributed by atoms with Crippen LogP contribution in [0.2, 0.25) is 0 Å². The van der Waals surface area contributed by atoms with Gasteiger partial charge in [0.05, 0.1) is 23.6 Å². The number of aromatic hydroxyl groups is 1. The number of nitrogens with two attached hydrogens (primary N) is 1. The number of phenolic OH excluding ortho intramolecular Hbond substituents is 1. The Hall–Kier alpha value is -4.69. The molecule has 0 bridgehead atoms. The Labute approximate surface area is 240 Å². The zero-order valence-corrected chi connectivity index (χ0v) is 23.5. The number of phenols is 1. The van der Waals surface area contributed by atoms with E-state index in [0.717, 1.165) is 0 Å². The molecule has 1 fully saturated rings. The Morgan fingerprint density at radius 3 is 2.45 bits per heavy atom. The normalized spacial score (nSPS) is 25.2. The molecule has 2 aromatic rings. The number of likely N-dealkylation sites (N-methyl/N-ethyl adjacent to an activating group) is 1. The molecule has 0 aliphatic heterocycles. The van der Waals surface area contributed by atoms with Crippen LogP contribution < -0.4 is 16.0 Å². The summed E-state index contributed by atoms with van der Waals surface area (Å²) in [7, 11) is 6.55. The van der Waals surface area contributed by atoms with Gasteiger partial charge < -0.3 is 40.9 Å². The Morgan fingerprint density at radius 2 is 1.88 bits per heavy atom. The van der Waals surface area contributed by atoms with Crippen LogP contribution in [0.1, 0.15) is 17.5 Å². The average Bonchev–Trinajstić information content (AvgIpc) is 3.40. The molecular formula is C28H32N6O8. The summed E-state index contributed by atoms with van der Waals surface area (Å²) >= 11 is 0. The lowest BCUT2D eigenvalue weighted by Crippen LogP contribution is -2.65. The number of nitrogens with zero attached hydrogens (tertiary/aromatic N) is 4. The van der Waals surface area contributed by atoms with Crippen LogP contribution >= 0.6 is 0 Å². The number of Topliss-reactive ketones (excluding diaryl/α,β-unsaturated/α-hetero) is 2. The van der Waals surface area contributed by atoms with Gasteiger partial charge in [-0.05, 0) is 44.5 Å². The summed E-state index contributed by atoms with van der Waals surface area (Å²) in [5.74, 6) is -7.90. The number of hydrogen-bond acceptors (Lipinski definition) is 11. The number of rotatable bonds is 6. The average molecular weight is 581 g/mol. The topological polar surface area (TPSA) is 212 Å². The lowest BCUT2D eigenvalue weighted by atomic mass is 9.57. The predicted octanol–water partition coefficient (Wildman–Crippen LogP) is -0.135. The van der Waals surface area contributed by atoms with Gasteiger partial charge in [-0.15, -0.1) is 0 Å². The van der Waals surface area contributed by atoms with Crippen molar-refractivity contribution in [3.63, 3.8) is 0 Å². The van der Waals surface area contributed by atoms with E-state index < -0.39 is 69.7 Å². The van der Waals surface area contributed by atoms with Crippen LogP contribution in [0.25, 0.3) is 5.76 Å². The first-order valence-corrected chi connectivity index (χ1v) is 13.2. The van der Waals surface area contributed by atoms with Crippen molar-refractivity contribution in [3.8, 4) is 5.75 Å². The van der Waals surface area contributed by atoms with Gasteiger partial charge in [0, 0.05) is 43.7 Å². The van der Waals surface area contributed by atoms with Gasteiger partial charge in [-0.1, -0.05) is 0 Å². The lowest BCUT2D eigenvalue weighted by Gasteiger charge is -2.50. The number of hydrogen-bond donors (Lipinski definition) is 6. The van der Waals surface area contributed by atoms with E-state index in [-0.39, 0.29) is 36.2 Å². The number of carbonyl (C=O) groups excluding carboxylic acids is 4. The van der Waals surface area contributed by atoms with Gasteiger partial charge in [-0.2, -0.15) is 0 Å². The zero-order chi connectivity index (χ0) is 30.8. The standard InChI is InChI=1S/C28H32N6O8/c1-32(2)16-9-15(31-17(35)10-34-6-5-30-11-34)22(36)19-13(16)7-12-8-14-21(33(3)4)24(38)20(27(29)41)26(40)28(14,42)25(39)18(12)23(19)37/h5-6,9,11-12,14,21,36-37,40,42H,7-8,10H2,1-4H3,(H2,29,41)(H,31,35)/t12-,14-,21-,28-/m0/s1. The van der Waals surface area contributed by atoms with Crippen LogP contribution in [0, 0.1) is 11.8 Å². The Balaban J connectivity index is 1.66. The fraction of sp³-hybridized carbons (Fsp3) is 0.393. The molecule has 3 aliphatic carbocycles. The number of imidazole rings is 1. The number of aliphatic hydroxyl groups is 3. The smallest absolute Gasteiger partial charge is 0.255 e. The SMILES string of the molecule is CN(C)c1cc(NC(=O)Cn2ccnc2)c(O)c2c1C[C@H]1C[C@H]3[C@H](N(C)C)C(=O)C(C(N)=O)=C(O)[C@@]3(O)C(=O)C1=C2O. The fourth-order valence-corrected chi connectivity index (χ4v) is 6.52. The number of aliphatic hydroxyl groups excluding tert-OH is 2. The van der Waals surface area contributed by atoms with Crippen LogP contribution in [0.5, 0.6) is 5.75 Å². The van der Waals surface area contributed by atoms with E-state index in [1.807, 2.05) is 0 Å². The number of amides is 2. The Kier molecular flexibility index (Phi) is 6.86. The molecule has 0 radical (unpaired) electrons. The highest BCUT2D eigenvalue weighted by molar-refractivity contribution is 6.24. The van der Waals surface area contributed by atoms with Crippen molar-refractivity contribution in [3.05, 3.63) is 52.8 Å². The molecule has 222 valence electrons. The molecule has 14 heteroatoms. The van der Waals surface area contributed by atoms with Crippen molar-refractivity contribution >= 4 is 40.5 Å². The second kappa shape index (κ2) is 9.99. The van der Waals surface area contributed by atoms with E-state index in [0.29, 0.717) is 11.3 Å². The number of primary amides is 1. The maximum absolute atomic E-state index is 14.0. The molecule has 42 heavy (non-hydrogen) atoms. The highest BCUT2D eigenvalue weighted by Gasteiger charge is 2.64. The maximum atomic E-state index is 14.0. The fourth-order valence-electron chi connectivity index (χ4n) is 6.52. The van der Waals surface area contributed by atoms with Crippen LogP contribution in [0.4, 0.5) is 11.4 Å². The van der Waals surface area contributed by atoms with Gasteiger partial charge in [-0.25, -0.2) is 4.98 Å². The van der Waals surface area contributed by atoms with Crippen LogP contribution in [-0.4, -0.2) is 98.1 Å². The van der Waals surface area contributed by atoms with Crippen LogP contribution in [0.3, 0.4) is 0 Å². The van der Waals surface area contributed by atoms with Gasteiger partial charge in [0.1, 0.15) is 29.4 Å². The first-order chi connectivity index (χ1) is 19.7. The van der Waals surface area contributed by atoms with Crippen LogP contribution in [0.15, 0.2) is 41.7 Å². The highest BCUT2D eigenvalue weighted by atomic mass is 16.3. The summed E-state index contributed by atoms with van der Waals surface area (Å²) in [6, 6.07) is 0.386. The molecule has 2 amide bonds. The number of benzene rings is 1. The van der Waals surface area contributed by atoms with Crippen LogP contribution in [-0.2, 0) is 32.1 Å². The molecule has 1 aromatic heterocycles. The second-order valence-corrected chi connectivity index (χ2v) is 11.3. The summed E-state index contributed by atoms with van der Waals surface area (Å²) in [4.78, 5) is 59.2. The van der Waals surface area contributed by atoms with Crippen molar-refractivity contribution in [2.24, 2.45) is 17.6 Å². The molecule has 7 N–H and O–H groups in total. The minimum atomic E-state index is -2.73. The first-order valence-electron chi connectivity index (χ1n) is 13.2. The molecule has 4 atom stereocenters. The van der Waals surface area contributed by atoms with E-state index >= 15 is 0 Å². The molecule has 3 aliphatic rings. The lowest BCUT2D eigenvalue weighted by molar-refractivity contribution is -0.153. The van der Waals surface area contributed by atoms with E-state index in [9.17, 15) is 39.6 Å². The Morgan fingerprint density at radius 1 is 1.19 bits per heavy atom. The molecule has 0 unspecified atom stereocenters. The van der Waals surface area contributed by atoms with Gasteiger partial charge >= 0.3 is 0 Å². The quantitative estimate of drug-likeness (QED) is 0.196. The highest BCUT2D eigenvalue weighted by Crippen LogP contribution is 2.54. The minimum Gasteiger partial charge on any atom is -0.508 e. The third kappa shape index (κ3) is 4.13. The summed E-state index contributed by atoms with van der Waals surface area (Å²) in [6.07, 6.45) is 4.65. The molecule has 1 saturated carbocycles. The molecule has 0 spiro atoms. The van der Waals surface area contributed by atoms with E-state index in [4.69, 9.17) is 5.73 Å². The van der Waals surface area contributed by atoms with Gasteiger partial charge in [0.2, 0.25) is 11.7 Å². The van der Waals surface area contributed by atoms with Crippen molar-refractivity contribution in [2.75, 3.05) is 38.4 Å². The third-order valence-corrected chi connectivity index (χ3v) is 8.34. The van der Waals surface area contributed by atoms with Crippen molar-refractivity contribution in [2.45, 2.75) is 31.0 Å². The summed E-state index contributed by atoms with van der Waals surface area (Å²) in [6.45, 7) is -0.102. The Bertz CT molecular complexity index is 1590. The van der Waals surface area contributed by atoms with Crippen molar-refractivity contribution < 1.29 is 39.6 Å². The number of ketones is 2. The number of fused-ring (bicyclic) bond motifs is 3. The van der Waals surface area contributed by atoms with E-state index in [1.165, 1.54) is 36.1 Å². The van der Waals surface area contributed by atoms with Gasteiger partial charge in [0.25, 0.3) is 5.91 Å². The minimum absolute atomic E-state index is 0.0250. The monoisotopic (exact) mass is 580 g/mol. The summed E-state index contributed by atoms with van der Waals surface area (Å²) < 4.78 is 1.52. The maximum Gasteiger partial charge on any atom is 0.255 e. The van der Waals surface area contributed by atoms with Gasteiger partial charge in [0.15, 0.2) is 11.4 Å². The molecular weight excluding hydrogens is 548 g/mol. The van der Waals surface area contributed by atoms with Gasteiger partial charge in [-0.3, -0.25) is 24.1 Å². The zero-order valence-electron chi connectivity index (χ0n) is 23.5. The molecule has 0 saturated heterocycles. The number of anilines is 2. The van der Waals surface area contributed by atoms with Crippen molar-refractivity contribution in [1.82, 2.24) is 14.5 Å². The molecule has 14 nitrogen and oxygen atoms in total. The largest absolute Gasteiger partial charge is 0.508 e. The molecule has 1 heterocycles. The summed E-state index contributed by atoms with van der Waals surface area (Å²) in [5.41, 5.74) is 2.36. The predicted molar refractivity (Wildman–Crippen MR) is 149 cm³/mol. The van der Waals surface area contributed by atoms with E-state index in [1.54, 1.807) is 31.3 Å². The number of nitrogens with one attached hydrogen (secondary N) is 1. The number of aromatic nitrogens is 2. The van der Waals surface area contributed by atoms with Crippen molar-refractivity contribution in [1.29, 1.82) is 0 Å². The molecule has 1 aromatic carbocycles. The van der Waals surface area contributed by atoms with E-state index in [2.05, 4.69) is 10.3 Å². The number of carbonyl (C=O) groups is 4. The molecule has 5 rings (SSSR count). The second-order valence-electron chi connectivity index (χ2n) is 11.3. The first kappa shape index (κ1) is 28.8. The third-order valence-electron chi connectivity index (χ3n) is 8.34.